The highest BCUT2D eigenvalue weighted by atomic mass is 32.2. The van der Waals surface area contributed by atoms with Crippen molar-refractivity contribution in [3.05, 3.63) is 94.8 Å². The molecule has 0 unspecified atom stereocenters. The van der Waals surface area contributed by atoms with Crippen LogP contribution in [0.25, 0.3) is 0 Å². The van der Waals surface area contributed by atoms with Gasteiger partial charge in [-0.15, -0.1) is 0 Å². The number of aryl methyl sites for hydroxylation is 3. The number of carbonyl (C=O) groups excluding carboxylic acids is 2. The zero-order valence-electron chi connectivity index (χ0n) is 27.6. The van der Waals surface area contributed by atoms with Crippen molar-refractivity contribution in [3.8, 4) is 17.2 Å². The number of nitrogens with one attached hydrogen (secondary N) is 1. The highest BCUT2D eigenvalue weighted by Crippen LogP contribution is 2.41. The van der Waals surface area contributed by atoms with Gasteiger partial charge in [-0.05, 0) is 74.4 Å². The molecule has 0 aliphatic heterocycles. The maximum absolute atomic E-state index is 14.4. The van der Waals surface area contributed by atoms with Crippen molar-refractivity contribution in [3.63, 3.8) is 0 Å². The van der Waals surface area contributed by atoms with E-state index < -0.39 is 11.9 Å². The van der Waals surface area contributed by atoms with Gasteiger partial charge in [0.2, 0.25) is 11.7 Å². The molecule has 4 rings (SSSR count). The summed E-state index contributed by atoms with van der Waals surface area (Å²) in [6.45, 7) is 5.95. The summed E-state index contributed by atoms with van der Waals surface area (Å²) in [4.78, 5) is 41.2. The molecule has 1 heterocycles. The molecule has 0 bridgehead atoms. The van der Waals surface area contributed by atoms with Crippen molar-refractivity contribution in [2.24, 2.45) is 0 Å². The first-order valence-corrected chi connectivity index (χ1v) is 15.7. The molecule has 0 spiro atoms. The number of amides is 2. The van der Waals surface area contributed by atoms with Gasteiger partial charge in [-0.1, -0.05) is 41.6 Å². The summed E-state index contributed by atoms with van der Waals surface area (Å²) < 4.78 is 16.8. The molecule has 0 aliphatic rings. The van der Waals surface area contributed by atoms with Gasteiger partial charge in [0, 0.05) is 43.4 Å². The third-order valence-electron chi connectivity index (χ3n) is 7.29. The second kappa shape index (κ2) is 15.5. The predicted molar refractivity (Wildman–Crippen MR) is 182 cm³/mol. The first-order chi connectivity index (χ1) is 22.0. The van der Waals surface area contributed by atoms with Crippen LogP contribution in [0.5, 0.6) is 17.2 Å². The molecule has 46 heavy (non-hydrogen) atoms. The molecule has 2 amide bonds. The zero-order chi connectivity index (χ0) is 33.4. The van der Waals surface area contributed by atoms with Crippen molar-refractivity contribution in [1.29, 1.82) is 0 Å². The standard InChI is InChI=1S/C35H41N5O5S/c1-22-9-11-25(12-10-22)20-40(31(41)21-46-35-36-23(2)17-24(3)37-35)32(26-18-29(43-6)33(45-8)30(19-26)44-7)34(42)38-27-13-15-28(16-14-27)39(4)5/h9-19,32H,20-21H2,1-8H3,(H,38,42)/t32-/m1/s1. The third-order valence-corrected chi connectivity index (χ3v) is 8.13. The summed E-state index contributed by atoms with van der Waals surface area (Å²) in [7, 11) is 8.44. The van der Waals surface area contributed by atoms with Gasteiger partial charge in [0.25, 0.3) is 5.91 Å². The number of rotatable bonds is 13. The number of ether oxygens (including phenoxy) is 3. The van der Waals surface area contributed by atoms with Gasteiger partial charge >= 0.3 is 0 Å². The summed E-state index contributed by atoms with van der Waals surface area (Å²) in [6, 6.07) is 19.6. The number of hydrogen-bond acceptors (Lipinski definition) is 9. The van der Waals surface area contributed by atoms with Crippen molar-refractivity contribution in [2.75, 3.05) is 51.4 Å². The van der Waals surface area contributed by atoms with Gasteiger partial charge in [0.1, 0.15) is 6.04 Å². The fourth-order valence-corrected chi connectivity index (χ4v) is 5.80. The number of thioether (sulfide) groups is 1. The summed E-state index contributed by atoms with van der Waals surface area (Å²) >= 11 is 1.23. The van der Waals surface area contributed by atoms with Crippen molar-refractivity contribution in [1.82, 2.24) is 14.9 Å². The summed E-state index contributed by atoms with van der Waals surface area (Å²) in [6.07, 6.45) is 0. The number of aromatic nitrogens is 2. The Hall–Kier alpha value is -4.77. The Labute approximate surface area is 275 Å². The first kappa shape index (κ1) is 34.1. The highest BCUT2D eigenvalue weighted by molar-refractivity contribution is 7.99. The van der Waals surface area contributed by atoms with E-state index in [2.05, 4.69) is 15.3 Å². The quantitative estimate of drug-likeness (QED) is 0.139. The van der Waals surface area contributed by atoms with Crippen molar-refractivity contribution in [2.45, 2.75) is 38.5 Å². The van der Waals surface area contributed by atoms with Gasteiger partial charge in [0.15, 0.2) is 16.7 Å². The Morgan fingerprint density at radius 1 is 0.826 bits per heavy atom. The predicted octanol–water partition coefficient (Wildman–Crippen LogP) is 5.99. The average molecular weight is 644 g/mol. The lowest BCUT2D eigenvalue weighted by atomic mass is 10.0. The van der Waals surface area contributed by atoms with E-state index in [4.69, 9.17) is 14.2 Å². The molecule has 4 aromatic rings. The maximum atomic E-state index is 14.4. The molecule has 0 saturated heterocycles. The molecular weight excluding hydrogens is 602 g/mol. The van der Waals surface area contributed by atoms with Crippen LogP contribution in [0.1, 0.15) is 34.1 Å². The van der Waals surface area contributed by atoms with E-state index in [1.807, 2.05) is 94.4 Å². The van der Waals surface area contributed by atoms with Crippen LogP contribution in [0, 0.1) is 20.8 Å². The SMILES string of the molecule is COc1cc([C@H](C(=O)Nc2ccc(N(C)C)cc2)N(Cc2ccc(C)cc2)C(=O)CSc2nc(C)cc(C)n2)cc(OC)c1OC. The Bertz CT molecular complexity index is 1620. The minimum absolute atomic E-state index is 0.0144. The molecule has 242 valence electrons. The minimum atomic E-state index is -1.07. The molecular formula is C35H41N5O5S. The van der Waals surface area contributed by atoms with Gasteiger partial charge in [-0.2, -0.15) is 0 Å². The van der Waals surface area contributed by atoms with Crippen LogP contribution in [0.4, 0.5) is 11.4 Å². The third kappa shape index (κ3) is 8.48. The van der Waals surface area contributed by atoms with E-state index >= 15 is 0 Å². The van der Waals surface area contributed by atoms with Crippen LogP contribution in [-0.4, -0.2) is 67.9 Å². The smallest absolute Gasteiger partial charge is 0.251 e. The van der Waals surface area contributed by atoms with Crippen LogP contribution in [0.15, 0.2) is 71.9 Å². The number of anilines is 2. The van der Waals surface area contributed by atoms with Crippen LogP contribution in [-0.2, 0) is 16.1 Å². The monoisotopic (exact) mass is 643 g/mol. The number of benzene rings is 3. The van der Waals surface area contributed by atoms with Gasteiger partial charge in [-0.25, -0.2) is 9.97 Å². The second-order valence-corrected chi connectivity index (χ2v) is 12.0. The fraction of sp³-hybridized carbons (Fsp3) is 0.314. The second-order valence-electron chi connectivity index (χ2n) is 11.0. The van der Waals surface area contributed by atoms with E-state index in [9.17, 15) is 9.59 Å². The number of hydrogen-bond donors (Lipinski definition) is 1. The molecule has 1 atom stereocenters. The number of methoxy groups -OCH3 is 3. The summed E-state index contributed by atoms with van der Waals surface area (Å²) in [5.41, 5.74) is 5.65. The van der Waals surface area contributed by atoms with Crippen LogP contribution in [0.2, 0.25) is 0 Å². The van der Waals surface area contributed by atoms with Crippen LogP contribution < -0.4 is 24.4 Å². The lowest BCUT2D eigenvalue weighted by Gasteiger charge is -2.32. The topological polar surface area (TPSA) is 106 Å². The Kier molecular flexibility index (Phi) is 11.5. The lowest BCUT2D eigenvalue weighted by molar-refractivity contribution is -0.137. The normalized spacial score (nSPS) is 11.4. The largest absolute Gasteiger partial charge is 0.493 e. The summed E-state index contributed by atoms with van der Waals surface area (Å²) in [5.74, 6) is 0.452. The maximum Gasteiger partial charge on any atom is 0.251 e. The first-order valence-electron chi connectivity index (χ1n) is 14.7. The Morgan fingerprint density at radius 3 is 1.93 bits per heavy atom. The molecule has 1 aromatic heterocycles. The molecule has 11 heteroatoms. The Balaban J connectivity index is 1.81. The Morgan fingerprint density at radius 2 is 1.41 bits per heavy atom. The molecule has 3 aromatic carbocycles. The molecule has 0 fully saturated rings. The molecule has 10 nitrogen and oxygen atoms in total. The minimum Gasteiger partial charge on any atom is -0.493 e. The van der Waals surface area contributed by atoms with E-state index in [1.54, 1.807) is 17.0 Å². The van der Waals surface area contributed by atoms with Crippen molar-refractivity contribution < 1.29 is 23.8 Å². The number of nitrogens with zero attached hydrogens (tertiary/aromatic N) is 4. The van der Waals surface area contributed by atoms with Gasteiger partial charge in [0.05, 0.1) is 27.1 Å². The van der Waals surface area contributed by atoms with Gasteiger partial charge < -0.3 is 29.3 Å². The van der Waals surface area contributed by atoms with E-state index in [-0.39, 0.29) is 18.2 Å². The van der Waals surface area contributed by atoms with Crippen molar-refractivity contribution >= 4 is 35.0 Å². The number of carbonyl (C=O) groups is 2. The lowest BCUT2D eigenvalue weighted by Crippen LogP contribution is -2.42. The van der Waals surface area contributed by atoms with Crippen LogP contribution in [0.3, 0.4) is 0 Å². The fourth-order valence-electron chi connectivity index (χ4n) is 4.97. The van der Waals surface area contributed by atoms with Crippen LogP contribution >= 0.6 is 11.8 Å². The molecule has 1 N–H and O–H groups in total. The van der Waals surface area contributed by atoms with E-state index in [0.29, 0.717) is 33.7 Å². The van der Waals surface area contributed by atoms with Gasteiger partial charge in [-0.3, -0.25) is 9.59 Å². The van der Waals surface area contributed by atoms with E-state index in [1.165, 1.54) is 33.1 Å². The molecule has 0 saturated carbocycles. The zero-order valence-corrected chi connectivity index (χ0v) is 28.4. The summed E-state index contributed by atoms with van der Waals surface area (Å²) in [5, 5.41) is 3.53. The molecule has 0 aliphatic carbocycles. The molecule has 0 radical (unpaired) electrons. The highest BCUT2D eigenvalue weighted by Gasteiger charge is 2.34. The average Bonchev–Trinajstić information content (AvgIpc) is 3.03. The van der Waals surface area contributed by atoms with E-state index in [0.717, 1.165) is 28.2 Å².